The molecule has 9 heteroatoms. The number of hydrogen-bond acceptors (Lipinski definition) is 6. The van der Waals surface area contributed by atoms with Crippen molar-refractivity contribution >= 4 is 36.0 Å². The highest BCUT2D eigenvalue weighted by atomic mass is 35.5. The molecule has 0 aliphatic carbocycles. The third-order valence-electron chi connectivity index (χ3n) is 3.88. The van der Waals surface area contributed by atoms with Crippen LogP contribution >= 0.6 is 24.2 Å². The van der Waals surface area contributed by atoms with Crippen LogP contribution in [-0.2, 0) is 16.1 Å². The minimum absolute atomic E-state index is 0. The first kappa shape index (κ1) is 23.4. The van der Waals surface area contributed by atoms with Crippen LogP contribution in [0.3, 0.4) is 0 Å². The van der Waals surface area contributed by atoms with Crippen LogP contribution < -0.4 is 25.4 Å². The van der Waals surface area contributed by atoms with E-state index in [-0.39, 0.29) is 36.9 Å². The van der Waals surface area contributed by atoms with Crippen molar-refractivity contribution in [1.29, 1.82) is 0 Å². The number of hydrogen-bond donors (Lipinski definition) is 3. The fourth-order valence-electron chi connectivity index (χ4n) is 2.58. The third-order valence-corrected chi connectivity index (χ3v) is 5.01. The Hall–Kier alpha value is -1.64. The number of nitrogens with one attached hydrogen (secondary N) is 3. The lowest BCUT2D eigenvalue weighted by molar-refractivity contribution is -0.123. The average Bonchev–Trinajstić information content (AvgIpc) is 2.66. The van der Waals surface area contributed by atoms with Gasteiger partial charge in [0, 0.05) is 43.6 Å². The summed E-state index contributed by atoms with van der Waals surface area (Å²) in [5.74, 6) is 2.95. The molecule has 2 rings (SSSR count). The normalized spacial score (nSPS) is 16.0. The van der Waals surface area contributed by atoms with E-state index in [1.165, 1.54) is 0 Å². The van der Waals surface area contributed by atoms with E-state index < -0.39 is 0 Å². The van der Waals surface area contributed by atoms with Gasteiger partial charge >= 0.3 is 0 Å². The van der Waals surface area contributed by atoms with Crippen molar-refractivity contribution in [2.75, 3.05) is 38.3 Å². The first-order valence-electron chi connectivity index (χ1n) is 8.76. The van der Waals surface area contributed by atoms with E-state index in [2.05, 4.69) is 16.0 Å². The highest BCUT2D eigenvalue weighted by molar-refractivity contribution is 7.99. The molecule has 7 nitrogen and oxygen atoms in total. The van der Waals surface area contributed by atoms with Gasteiger partial charge in [-0.15, -0.1) is 12.4 Å². The predicted molar refractivity (Wildman–Crippen MR) is 110 cm³/mol. The number of rotatable bonds is 9. The molecule has 1 atom stereocenters. The maximum Gasteiger partial charge on any atom is 0.257 e. The number of amides is 2. The van der Waals surface area contributed by atoms with Crippen molar-refractivity contribution in [2.45, 2.75) is 25.9 Å². The molecule has 1 fully saturated rings. The van der Waals surface area contributed by atoms with E-state index in [0.29, 0.717) is 31.0 Å². The van der Waals surface area contributed by atoms with E-state index in [1.807, 2.05) is 30.8 Å². The van der Waals surface area contributed by atoms with Crippen LogP contribution in [0.15, 0.2) is 18.2 Å². The highest BCUT2D eigenvalue weighted by Gasteiger charge is 2.16. The number of benzene rings is 1. The highest BCUT2D eigenvalue weighted by Crippen LogP contribution is 2.28. The minimum atomic E-state index is -0.180. The molecule has 27 heavy (non-hydrogen) atoms. The van der Waals surface area contributed by atoms with Gasteiger partial charge in [-0.2, -0.15) is 11.8 Å². The van der Waals surface area contributed by atoms with Gasteiger partial charge in [0.15, 0.2) is 18.1 Å². The molecule has 0 aromatic heterocycles. The minimum Gasteiger partial charge on any atom is -0.493 e. The second kappa shape index (κ2) is 12.7. The molecule has 0 radical (unpaired) electrons. The second-order valence-corrected chi connectivity index (χ2v) is 7.08. The van der Waals surface area contributed by atoms with Crippen molar-refractivity contribution in [2.24, 2.45) is 0 Å². The number of methoxy groups -OCH3 is 1. The van der Waals surface area contributed by atoms with Gasteiger partial charge < -0.3 is 25.4 Å². The molecule has 1 aliphatic heterocycles. The summed E-state index contributed by atoms with van der Waals surface area (Å²) >= 11 is 1.87. The van der Waals surface area contributed by atoms with E-state index in [4.69, 9.17) is 9.47 Å². The number of halogens is 1. The molecule has 1 heterocycles. The maximum atomic E-state index is 12.1. The van der Waals surface area contributed by atoms with Crippen LogP contribution in [0.2, 0.25) is 0 Å². The standard InChI is InChI=1S/C18H27N3O4S.ClH/c1-3-19-18(23)11-25-15-5-4-13(8-16(15)24-2)10-21-17(22)9-14-12-26-7-6-20-14;/h4-5,8,14,20H,3,6-7,9-12H2,1-2H3,(H,19,23)(H,21,22);1H. The summed E-state index contributed by atoms with van der Waals surface area (Å²) in [6.07, 6.45) is 0.484. The molecule has 0 bridgehead atoms. The van der Waals surface area contributed by atoms with Gasteiger partial charge in [0.05, 0.1) is 7.11 Å². The molecule has 152 valence electrons. The van der Waals surface area contributed by atoms with Gasteiger partial charge in [0.25, 0.3) is 5.91 Å². The second-order valence-electron chi connectivity index (χ2n) is 5.93. The predicted octanol–water partition coefficient (Wildman–Crippen LogP) is 1.34. The number of carbonyl (C=O) groups excluding carboxylic acids is 2. The van der Waals surface area contributed by atoms with Gasteiger partial charge in [0.2, 0.25) is 5.91 Å². The van der Waals surface area contributed by atoms with Crippen LogP contribution in [0.25, 0.3) is 0 Å². The number of thioether (sulfide) groups is 1. The summed E-state index contributed by atoms with van der Waals surface area (Å²) in [6.45, 7) is 3.73. The molecule has 1 aliphatic rings. The molecule has 2 amide bonds. The van der Waals surface area contributed by atoms with Crippen LogP contribution in [0.5, 0.6) is 11.5 Å². The van der Waals surface area contributed by atoms with Crippen LogP contribution in [0.1, 0.15) is 18.9 Å². The van der Waals surface area contributed by atoms with E-state index in [0.717, 1.165) is 23.6 Å². The van der Waals surface area contributed by atoms with E-state index >= 15 is 0 Å². The first-order chi connectivity index (χ1) is 12.6. The van der Waals surface area contributed by atoms with Gasteiger partial charge in [0.1, 0.15) is 0 Å². The lowest BCUT2D eigenvalue weighted by Crippen LogP contribution is -2.41. The van der Waals surface area contributed by atoms with E-state index in [9.17, 15) is 9.59 Å². The molecule has 1 aromatic carbocycles. The topological polar surface area (TPSA) is 88.7 Å². The van der Waals surface area contributed by atoms with Crippen LogP contribution in [-0.4, -0.2) is 56.2 Å². The summed E-state index contributed by atoms with van der Waals surface area (Å²) in [5.41, 5.74) is 0.909. The zero-order valence-electron chi connectivity index (χ0n) is 15.7. The summed E-state index contributed by atoms with van der Waals surface area (Å²) in [4.78, 5) is 23.6. The van der Waals surface area contributed by atoms with Gasteiger partial charge in [-0.25, -0.2) is 0 Å². The molecule has 1 unspecified atom stereocenters. The Morgan fingerprint density at radius 3 is 2.74 bits per heavy atom. The Bertz CT molecular complexity index is 612. The quantitative estimate of drug-likeness (QED) is 0.562. The fourth-order valence-corrected chi connectivity index (χ4v) is 3.53. The van der Waals surface area contributed by atoms with Crippen molar-refractivity contribution < 1.29 is 19.1 Å². The van der Waals surface area contributed by atoms with E-state index in [1.54, 1.807) is 13.2 Å². The molecule has 1 aromatic rings. The Morgan fingerprint density at radius 2 is 2.07 bits per heavy atom. The van der Waals surface area contributed by atoms with Gasteiger partial charge in [-0.05, 0) is 24.6 Å². The number of likely N-dealkylation sites (N-methyl/N-ethyl adjacent to an activating group) is 1. The van der Waals surface area contributed by atoms with Crippen LogP contribution in [0, 0.1) is 0 Å². The molecular formula is C18H28ClN3O4S. The smallest absolute Gasteiger partial charge is 0.257 e. The Kier molecular flexibility index (Phi) is 11.0. The SMILES string of the molecule is CCNC(=O)COc1ccc(CNC(=O)CC2CSCCN2)cc1OC.Cl. The van der Waals surface area contributed by atoms with Crippen LogP contribution in [0.4, 0.5) is 0 Å². The van der Waals surface area contributed by atoms with Crippen molar-refractivity contribution in [3.05, 3.63) is 23.8 Å². The van der Waals surface area contributed by atoms with Gasteiger partial charge in [-0.3, -0.25) is 9.59 Å². The lowest BCUT2D eigenvalue weighted by atomic mass is 10.2. The number of carbonyl (C=O) groups is 2. The maximum absolute atomic E-state index is 12.1. The Labute approximate surface area is 170 Å². The summed E-state index contributed by atoms with van der Waals surface area (Å²) in [6, 6.07) is 5.65. The van der Waals surface area contributed by atoms with Crippen molar-refractivity contribution in [3.63, 3.8) is 0 Å². The van der Waals surface area contributed by atoms with Crippen molar-refractivity contribution in [3.8, 4) is 11.5 Å². The summed E-state index contributed by atoms with van der Waals surface area (Å²) in [7, 11) is 1.54. The Balaban J connectivity index is 0.00000364. The first-order valence-corrected chi connectivity index (χ1v) is 9.92. The Morgan fingerprint density at radius 1 is 1.26 bits per heavy atom. The molecule has 1 saturated heterocycles. The average molecular weight is 418 g/mol. The third kappa shape index (κ3) is 8.28. The monoisotopic (exact) mass is 417 g/mol. The summed E-state index contributed by atoms with van der Waals surface area (Å²) in [5, 5.41) is 8.96. The molecular weight excluding hydrogens is 390 g/mol. The fraction of sp³-hybridized carbons (Fsp3) is 0.556. The largest absolute Gasteiger partial charge is 0.493 e. The van der Waals surface area contributed by atoms with Crippen molar-refractivity contribution in [1.82, 2.24) is 16.0 Å². The number of ether oxygens (including phenoxy) is 2. The summed E-state index contributed by atoms with van der Waals surface area (Å²) < 4.78 is 10.8. The van der Waals surface area contributed by atoms with Gasteiger partial charge in [-0.1, -0.05) is 6.07 Å². The zero-order chi connectivity index (χ0) is 18.8. The molecule has 0 saturated carbocycles. The molecule has 3 N–H and O–H groups in total. The lowest BCUT2D eigenvalue weighted by Gasteiger charge is -2.22. The molecule has 0 spiro atoms. The zero-order valence-corrected chi connectivity index (χ0v) is 17.3.